The predicted molar refractivity (Wildman–Crippen MR) is 68.4 cm³/mol. The number of amides is 1. The van der Waals surface area contributed by atoms with Crippen LogP contribution in [0.5, 0.6) is 0 Å². The lowest BCUT2D eigenvalue weighted by Gasteiger charge is -2.26. The first-order valence-corrected chi connectivity index (χ1v) is 6.77. The van der Waals surface area contributed by atoms with E-state index in [1.165, 1.54) is 12.8 Å². The van der Waals surface area contributed by atoms with Gasteiger partial charge < -0.3 is 14.7 Å². The summed E-state index contributed by atoms with van der Waals surface area (Å²) < 4.78 is 5.34. The van der Waals surface area contributed by atoms with Crippen LogP contribution in [-0.2, 0) is 4.74 Å². The van der Waals surface area contributed by atoms with Crippen LogP contribution in [-0.4, -0.2) is 64.9 Å². The van der Waals surface area contributed by atoms with Crippen LogP contribution in [0.3, 0.4) is 0 Å². The molecule has 0 bridgehead atoms. The minimum absolute atomic E-state index is 0.0834. The largest absolute Gasteiger partial charge is 0.444 e. The summed E-state index contributed by atoms with van der Waals surface area (Å²) in [5.41, 5.74) is -0.478. The first-order valence-electron chi connectivity index (χ1n) is 6.77. The van der Waals surface area contributed by atoms with Crippen molar-refractivity contribution in [2.75, 3.05) is 26.2 Å². The first kappa shape index (κ1) is 13.6. The van der Waals surface area contributed by atoms with E-state index in [0.717, 1.165) is 13.1 Å². The minimum Gasteiger partial charge on any atom is -0.444 e. The number of hydrogen-bond acceptors (Lipinski definition) is 4. The highest BCUT2D eigenvalue weighted by Crippen LogP contribution is 2.22. The zero-order valence-corrected chi connectivity index (χ0v) is 11.6. The molecule has 5 nitrogen and oxygen atoms in total. The molecule has 2 rings (SSSR count). The molecule has 2 aliphatic heterocycles. The molecule has 0 spiro atoms. The Morgan fingerprint density at radius 2 is 1.83 bits per heavy atom. The SMILES string of the molecule is CC(C)(C)OC(=O)N1C[C@@H](O)[C@H](N2CCCC2)C1. The van der Waals surface area contributed by atoms with Crippen molar-refractivity contribution < 1.29 is 14.6 Å². The smallest absolute Gasteiger partial charge is 0.410 e. The first-order chi connectivity index (χ1) is 8.37. The van der Waals surface area contributed by atoms with Gasteiger partial charge in [0.05, 0.1) is 18.7 Å². The Bertz CT molecular complexity index is 308. The van der Waals surface area contributed by atoms with Crippen LogP contribution in [0.2, 0.25) is 0 Å². The van der Waals surface area contributed by atoms with E-state index in [1.807, 2.05) is 20.8 Å². The van der Waals surface area contributed by atoms with Gasteiger partial charge in [-0.15, -0.1) is 0 Å². The van der Waals surface area contributed by atoms with E-state index in [2.05, 4.69) is 4.90 Å². The van der Waals surface area contributed by atoms with E-state index >= 15 is 0 Å². The van der Waals surface area contributed by atoms with Gasteiger partial charge in [-0.2, -0.15) is 0 Å². The molecule has 0 aromatic carbocycles. The Hall–Kier alpha value is -0.810. The summed E-state index contributed by atoms with van der Waals surface area (Å²) in [4.78, 5) is 15.9. The van der Waals surface area contributed by atoms with Gasteiger partial charge in [0.25, 0.3) is 0 Å². The van der Waals surface area contributed by atoms with Crippen molar-refractivity contribution >= 4 is 6.09 Å². The average Bonchev–Trinajstić information content (AvgIpc) is 2.82. The van der Waals surface area contributed by atoms with Gasteiger partial charge in [0.2, 0.25) is 0 Å². The van der Waals surface area contributed by atoms with E-state index in [4.69, 9.17) is 4.74 Å². The highest BCUT2D eigenvalue weighted by Gasteiger charge is 2.39. The summed E-state index contributed by atoms with van der Waals surface area (Å²) in [6, 6.07) is 0.0834. The summed E-state index contributed by atoms with van der Waals surface area (Å²) in [6.07, 6.45) is 1.62. The second-order valence-electron chi connectivity index (χ2n) is 6.26. The molecular formula is C13H24N2O3. The molecular weight excluding hydrogens is 232 g/mol. The number of aliphatic hydroxyl groups is 1. The monoisotopic (exact) mass is 256 g/mol. The van der Waals surface area contributed by atoms with E-state index < -0.39 is 11.7 Å². The molecule has 0 saturated carbocycles. The number of ether oxygens (including phenoxy) is 1. The molecule has 2 aliphatic rings. The number of rotatable bonds is 1. The van der Waals surface area contributed by atoms with Crippen molar-refractivity contribution in [1.82, 2.24) is 9.80 Å². The Balaban J connectivity index is 1.91. The van der Waals surface area contributed by atoms with Crippen molar-refractivity contribution in [2.45, 2.75) is 51.4 Å². The lowest BCUT2D eigenvalue weighted by molar-refractivity contribution is 0.0269. The highest BCUT2D eigenvalue weighted by molar-refractivity contribution is 5.68. The fourth-order valence-corrected chi connectivity index (χ4v) is 2.68. The van der Waals surface area contributed by atoms with Gasteiger partial charge in [0.15, 0.2) is 0 Å². The molecule has 1 N–H and O–H groups in total. The molecule has 0 aromatic heterocycles. The number of hydrogen-bond donors (Lipinski definition) is 1. The van der Waals surface area contributed by atoms with Gasteiger partial charge in [-0.3, -0.25) is 4.90 Å². The summed E-state index contributed by atoms with van der Waals surface area (Å²) in [7, 11) is 0. The molecule has 0 unspecified atom stereocenters. The van der Waals surface area contributed by atoms with Crippen molar-refractivity contribution in [3.63, 3.8) is 0 Å². The molecule has 0 aliphatic carbocycles. The Morgan fingerprint density at radius 3 is 2.39 bits per heavy atom. The minimum atomic E-state index is -0.478. The van der Waals surface area contributed by atoms with Crippen molar-refractivity contribution in [2.24, 2.45) is 0 Å². The summed E-state index contributed by atoms with van der Waals surface area (Å²) in [5, 5.41) is 10.1. The van der Waals surface area contributed by atoms with Gasteiger partial charge in [0.1, 0.15) is 5.60 Å². The third-order valence-corrected chi connectivity index (χ3v) is 3.52. The maximum absolute atomic E-state index is 11.9. The molecule has 2 heterocycles. The predicted octanol–water partition coefficient (Wildman–Crippen LogP) is 1.06. The van der Waals surface area contributed by atoms with E-state index in [9.17, 15) is 9.90 Å². The van der Waals surface area contributed by atoms with Crippen LogP contribution in [0.1, 0.15) is 33.6 Å². The van der Waals surface area contributed by atoms with Crippen LogP contribution in [0.4, 0.5) is 4.79 Å². The van der Waals surface area contributed by atoms with Gasteiger partial charge in [-0.25, -0.2) is 4.79 Å². The van der Waals surface area contributed by atoms with E-state index in [-0.39, 0.29) is 12.1 Å². The zero-order valence-electron chi connectivity index (χ0n) is 11.6. The zero-order chi connectivity index (χ0) is 13.3. The van der Waals surface area contributed by atoms with E-state index in [0.29, 0.717) is 13.1 Å². The Morgan fingerprint density at radius 1 is 1.22 bits per heavy atom. The Kier molecular flexibility index (Phi) is 3.82. The second kappa shape index (κ2) is 5.05. The normalized spacial score (nSPS) is 29.9. The number of β-amino-alcohol motifs (C(OH)–C–C–N with tert-alkyl or cyclic N) is 1. The molecule has 0 radical (unpaired) electrons. The average molecular weight is 256 g/mol. The quantitative estimate of drug-likeness (QED) is 0.762. The van der Waals surface area contributed by atoms with Crippen LogP contribution in [0.15, 0.2) is 0 Å². The van der Waals surface area contributed by atoms with Crippen molar-refractivity contribution in [1.29, 1.82) is 0 Å². The maximum atomic E-state index is 11.9. The number of aliphatic hydroxyl groups excluding tert-OH is 1. The van der Waals surface area contributed by atoms with E-state index in [1.54, 1.807) is 4.90 Å². The van der Waals surface area contributed by atoms with Gasteiger partial charge >= 0.3 is 6.09 Å². The van der Waals surface area contributed by atoms with Gasteiger partial charge in [-0.05, 0) is 46.7 Å². The van der Waals surface area contributed by atoms with Crippen LogP contribution in [0, 0.1) is 0 Å². The Labute approximate surface area is 109 Å². The number of likely N-dealkylation sites (tertiary alicyclic amines) is 2. The van der Waals surface area contributed by atoms with Gasteiger partial charge in [0, 0.05) is 6.54 Å². The standard InChI is InChI=1S/C13H24N2O3/c1-13(2,3)18-12(17)15-8-10(11(16)9-15)14-6-4-5-7-14/h10-11,16H,4-9H2,1-3H3/t10-,11-/m1/s1. The van der Waals surface area contributed by atoms with Crippen LogP contribution in [0.25, 0.3) is 0 Å². The topological polar surface area (TPSA) is 53.0 Å². The number of carbonyl (C=O) groups is 1. The molecule has 2 saturated heterocycles. The maximum Gasteiger partial charge on any atom is 0.410 e. The fourth-order valence-electron chi connectivity index (χ4n) is 2.68. The number of carbonyl (C=O) groups excluding carboxylic acids is 1. The second-order valence-corrected chi connectivity index (χ2v) is 6.26. The third kappa shape index (κ3) is 3.14. The van der Waals surface area contributed by atoms with Gasteiger partial charge in [-0.1, -0.05) is 0 Å². The molecule has 0 aromatic rings. The lowest BCUT2D eigenvalue weighted by atomic mass is 10.2. The molecule has 1 amide bonds. The lowest BCUT2D eigenvalue weighted by Crippen LogP contribution is -2.42. The van der Waals surface area contributed by atoms with Crippen LogP contribution < -0.4 is 0 Å². The summed E-state index contributed by atoms with van der Waals surface area (Å²) in [5.74, 6) is 0. The summed E-state index contributed by atoms with van der Waals surface area (Å²) in [6.45, 7) is 8.60. The molecule has 5 heteroatoms. The summed E-state index contributed by atoms with van der Waals surface area (Å²) >= 11 is 0. The fraction of sp³-hybridized carbons (Fsp3) is 0.923. The highest BCUT2D eigenvalue weighted by atomic mass is 16.6. The molecule has 2 atom stereocenters. The van der Waals surface area contributed by atoms with Crippen molar-refractivity contribution in [3.05, 3.63) is 0 Å². The third-order valence-electron chi connectivity index (χ3n) is 3.52. The molecule has 104 valence electrons. The number of nitrogens with zero attached hydrogens (tertiary/aromatic N) is 2. The van der Waals surface area contributed by atoms with Crippen molar-refractivity contribution in [3.8, 4) is 0 Å². The van der Waals surface area contributed by atoms with Crippen LogP contribution >= 0.6 is 0 Å². The molecule has 2 fully saturated rings. The molecule has 18 heavy (non-hydrogen) atoms.